The van der Waals surface area contributed by atoms with Crippen molar-refractivity contribution in [2.24, 2.45) is 0 Å². The molecule has 3 aromatic carbocycles. The summed E-state index contributed by atoms with van der Waals surface area (Å²) in [5.74, 6) is -0.170. The van der Waals surface area contributed by atoms with Crippen molar-refractivity contribution >= 4 is 11.0 Å². The van der Waals surface area contributed by atoms with Gasteiger partial charge in [0.05, 0.1) is 11.0 Å². The number of aryl methyl sites for hydroxylation is 3. The zero-order valence-corrected chi connectivity index (χ0v) is 21.7. The molecule has 0 bridgehead atoms. The molecule has 1 saturated heterocycles. The Bertz CT molecular complexity index is 1320. The Morgan fingerprint density at radius 2 is 1.27 bits per heavy atom. The zero-order valence-electron chi connectivity index (χ0n) is 21.7. The van der Waals surface area contributed by atoms with Crippen LogP contribution in [0.2, 0.25) is 0 Å². The van der Waals surface area contributed by atoms with Crippen LogP contribution in [-0.2, 0) is 19.4 Å². The molecule has 0 saturated carbocycles. The number of benzene rings is 3. The molecular weight excluding hydrogens is 461 g/mol. The van der Waals surface area contributed by atoms with E-state index in [2.05, 4.69) is 51.9 Å². The molecule has 4 aromatic rings. The molecule has 5 rings (SSSR count). The predicted octanol–water partition coefficient (Wildman–Crippen LogP) is 6.62. The number of likely N-dealkylation sites (tertiary alicyclic amines) is 1. The van der Waals surface area contributed by atoms with Crippen molar-refractivity contribution in [1.82, 2.24) is 14.0 Å². The summed E-state index contributed by atoms with van der Waals surface area (Å²) in [6, 6.07) is 26.0. The number of unbranched alkanes of at least 4 members (excludes halogenated alkanes) is 2. The van der Waals surface area contributed by atoms with E-state index in [0.717, 1.165) is 88.6 Å². The van der Waals surface area contributed by atoms with Gasteiger partial charge in [0.1, 0.15) is 5.82 Å². The maximum absolute atomic E-state index is 13.6. The molecule has 0 atom stereocenters. The van der Waals surface area contributed by atoms with Crippen LogP contribution in [0, 0.1) is 5.82 Å². The standard InChI is InChI=1S/C32H38FN3O/c33-28-18-16-27(17-19-28)13-6-8-22-34-24-20-29(21-25-34)36-31-15-5-4-14-30(31)35(32(36)37)23-9-7-12-26-10-2-1-3-11-26/h1-5,10-11,14-19,29H,6-9,12-13,20-25H2. The van der Waals surface area contributed by atoms with E-state index in [1.54, 1.807) is 12.1 Å². The lowest BCUT2D eigenvalue weighted by Crippen LogP contribution is -2.38. The summed E-state index contributed by atoms with van der Waals surface area (Å²) in [7, 11) is 0. The Hall–Kier alpha value is -3.18. The summed E-state index contributed by atoms with van der Waals surface area (Å²) in [6.07, 6.45) is 8.41. The molecule has 0 spiro atoms. The molecule has 0 unspecified atom stereocenters. The molecule has 5 heteroatoms. The average Bonchev–Trinajstić information content (AvgIpc) is 3.22. The highest BCUT2D eigenvalue weighted by atomic mass is 19.1. The summed E-state index contributed by atoms with van der Waals surface area (Å²) in [5.41, 5.74) is 4.86. The minimum Gasteiger partial charge on any atom is -0.303 e. The third-order valence-corrected chi connectivity index (χ3v) is 7.83. The topological polar surface area (TPSA) is 30.2 Å². The van der Waals surface area contributed by atoms with Crippen molar-refractivity contribution in [2.45, 2.75) is 64.0 Å². The van der Waals surface area contributed by atoms with E-state index in [-0.39, 0.29) is 17.5 Å². The second kappa shape index (κ2) is 12.4. The van der Waals surface area contributed by atoms with E-state index in [0.29, 0.717) is 0 Å². The number of piperidine rings is 1. The van der Waals surface area contributed by atoms with Crippen LogP contribution in [-0.4, -0.2) is 33.7 Å². The monoisotopic (exact) mass is 499 g/mol. The minimum atomic E-state index is -0.170. The van der Waals surface area contributed by atoms with Crippen molar-refractivity contribution in [3.05, 3.63) is 106 Å². The van der Waals surface area contributed by atoms with Gasteiger partial charge in [0.25, 0.3) is 0 Å². The summed E-state index contributed by atoms with van der Waals surface area (Å²) < 4.78 is 17.2. The highest BCUT2D eigenvalue weighted by Crippen LogP contribution is 2.26. The number of hydrogen-bond acceptors (Lipinski definition) is 2. The molecule has 0 N–H and O–H groups in total. The number of fused-ring (bicyclic) bond motifs is 1. The molecular formula is C32H38FN3O. The third kappa shape index (κ3) is 6.40. The van der Waals surface area contributed by atoms with Crippen LogP contribution >= 0.6 is 0 Å². The van der Waals surface area contributed by atoms with Crippen LogP contribution in [0.1, 0.15) is 55.7 Å². The molecule has 2 heterocycles. The van der Waals surface area contributed by atoms with Gasteiger partial charge in [-0.25, -0.2) is 9.18 Å². The van der Waals surface area contributed by atoms with Crippen molar-refractivity contribution in [3.63, 3.8) is 0 Å². The van der Waals surface area contributed by atoms with Gasteiger partial charge in [-0.2, -0.15) is 0 Å². The van der Waals surface area contributed by atoms with Gasteiger partial charge in [0.15, 0.2) is 0 Å². The zero-order chi connectivity index (χ0) is 25.5. The first-order valence-corrected chi connectivity index (χ1v) is 13.9. The molecule has 0 radical (unpaired) electrons. The number of halogens is 1. The molecule has 1 aromatic heterocycles. The van der Waals surface area contributed by atoms with E-state index in [1.807, 2.05) is 28.8 Å². The van der Waals surface area contributed by atoms with E-state index in [9.17, 15) is 9.18 Å². The lowest BCUT2D eigenvalue weighted by Gasteiger charge is -2.32. The first-order valence-electron chi connectivity index (χ1n) is 13.9. The fourth-order valence-corrected chi connectivity index (χ4v) is 5.76. The summed E-state index contributed by atoms with van der Waals surface area (Å²) in [6.45, 7) is 3.92. The van der Waals surface area contributed by atoms with Gasteiger partial charge in [0, 0.05) is 25.7 Å². The smallest absolute Gasteiger partial charge is 0.303 e. The van der Waals surface area contributed by atoms with Gasteiger partial charge in [-0.15, -0.1) is 0 Å². The molecule has 0 amide bonds. The minimum absolute atomic E-state index is 0.152. The molecule has 4 nitrogen and oxygen atoms in total. The highest BCUT2D eigenvalue weighted by Gasteiger charge is 2.24. The van der Waals surface area contributed by atoms with Gasteiger partial charge in [-0.05, 0) is 93.3 Å². The fraction of sp³-hybridized carbons (Fsp3) is 0.406. The molecule has 1 fully saturated rings. The normalized spacial score (nSPS) is 14.9. The Morgan fingerprint density at radius 3 is 1.97 bits per heavy atom. The van der Waals surface area contributed by atoms with Gasteiger partial charge in [-0.1, -0.05) is 54.6 Å². The van der Waals surface area contributed by atoms with Crippen molar-refractivity contribution in [1.29, 1.82) is 0 Å². The first-order chi connectivity index (χ1) is 18.2. The number of imidazole rings is 1. The van der Waals surface area contributed by atoms with E-state index in [4.69, 9.17) is 0 Å². The number of nitrogens with zero attached hydrogens (tertiary/aromatic N) is 3. The van der Waals surface area contributed by atoms with Gasteiger partial charge in [-0.3, -0.25) is 9.13 Å². The maximum Gasteiger partial charge on any atom is 0.329 e. The van der Waals surface area contributed by atoms with Crippen LogP contribution < -0.4 is 5.69 Å². The Morgan fingerprint density at radius 1 is 0.676 bits per heavy atom. The Kier molecular flexibility index (Phi) is 8.52. The Balaban J connectivity index is 1.14. The number of aromatic nitrogens is 2. The highest BCUT2D eigenvalue weighted by molar-refractivity contribution is 5.76. The number of rotatable bonds is 11. The van der Waals surface area contributed by atoms with Crippen LogP contribution in [0.15, 0.2) is 83.7 Å². The molecule has 194 valence electrons. The second-order valence-corrected chi connectivity index (χ2v) is 10.4. The van der Waals surface area contributed by atoms with E-state index in [1.165, 1.54) is 11.1 Å². The van der Waals surface area contributed by atoms with Crippen molar-refractivity contribution in [2.75, 3.05) is 19.6 Å². The molecule has 0 aliphatic carbocycles. The summed E-state index contributed by atoms with van der Waals surface area (Å²) >= 11 is 0. The van der Waals surface area contributed by atoms with Crippen LogP contribution in [0.4, 0.5) is 4.39 Å². The lowest BCUT2D eigenvalue weighted by molar-refractivity contribution is 0.183. The second-order valence-electron chi connectivity index (χ2n) is 10.4. The first kappa shape index (κ1) is 25.5. The largest absolute Gasteiger partial charge is 0.329 e. The van der Waals surface area contributed by atoms with Crippen LogP contribution in [0.25, 0.3) is 11.0 Å². The predicted molar refractivity (Wildman–Crippen MR) is 150 cm³/mol. The number of para-hydroxylation sites is 2. The van der Waals surface area contributed by atoms with Gasteiger partial charge in [0.2, 0.25) is 0 Å². The van der Waals surface area contributed by atoms with Crippen molar-refractivity contribution < 1.29 is 4.39 Å². The average molecular weight is 500 g/mol. The quantitative estimate of drug-likeness (QED) is 0.217. The lowest BCUT2D eigenvalue weighted by atomic mass is 10.0. The maximum atomic E-state index is 13.6. The SMILES string of the molecule is O=c1n(CCCCc2ccccc2)c2ccccc2n1C1CCN(CCCCc2ccc(F)cc2)CC1. The van der Waals surface area contributed by atoms with E-state index < -0.39 is 0 Å². The van der Waals surface area contributed by atoms with Gasteiger partial charge >= 0.3 is 5.69 Å². The third-order valence-electron chi connectivity index (χ3n) is 7.83. The molecule has 1 aliphatic heterocycles. The molecule has 37 heavy (non-hydrogen) atoms. The fourth-order valence-electron chi connectivity index (χ4n) is 5.76. The Labute approximate surface area is 219 Å². The van der Waals surface area contributed by atoms with E-state index >= 15 is 0 Å². The van der Waals surface area contributed by atoms with Gasteiger partial charge < -0.3 is 4.90 Å². The number of hydrogen-bond donors (Lipinski definition) is 0. The molecule has 1 aliphatic rings. The summed E-state index contributed by atoms with van der Waals surface area (Å²) in [5, 5.41) is 0. The van der Waals surface area contributed by atoms with Crippen LogP contribution in [0.5, 0.6) is 0 Å². The van der Waals surface area contributed by atoms with Crippen molar-refractivity contribution in [3.8, 4) is 0 Å². The summed E-state index contributed by atoms with van der Waals surface area (Å²) in [4.78, 5) is 16.1. The van der Waals surface area contributed by atoms with Crippen LogP contribution in [0.3, 0.4) is 0 Å².